The highest BCUT2D eigenvalue weighted by Gasteiger charge is 2.11. The van der Waals surface area contributed by atoms with Crippen molar-refractivity contribution in [1.82, 2.24) is 0 Å². The van der Waals surface area contributed by atoms with Gasteiger partial charge in [-0.3, -0.25) is 0 Å². The lowest BCUT2D eigenvalue weighted by Gasteiger charge is -2.15. The maximum atomic E-state index is 5.52. The normalized spacial score (nSPS) is 10.3. The number of anilines is 1. The Morgan fingerprint density at radius 3 is 2.43 bits per heavy atom. The highest BCUT2D eigenvalue weighted by molar-refractivity contribution is 9.10. The molecule has 0 aliphatic rings. The van der Waals surface area contributed by atoms with E-state index in [9.17, 15) is 0 Å². The average Bonchev–Trinajstić information content (AvgIpc) is 2.48. The molecule has 2 aromatic rings. The van der Waals surface area contributed by atoms with Crippen LogP contribution in [0.5, 0.6) is 11.5 Å². The molecule has 0 atom stereocenters. The molecule has 4 heteroatoms. The fraction of sp³-hybridized carbons (Fsp3) is 0.294. The molecule has 0 fully saturated rings. The average molecular weight is 350 g/mol. The molecule has 0 aromatic heterocycles. The number of benzene rings is 2. The minimum absolute atomic E-state index is 0.703. The molecular weight excluding hydrogens is 330 g/mol. The van der Waals surface area contributed by atoms with E-state index in [-0.39, 0.29) is 0 Å². The van der Waals surface area contributed by atoms with Gasteiger partial charge < -0.3 is 14.8 Å². The number of halogens is 1. The van der Waals surface area contributed by atoms with Crippen molar-refractivity contribution < 1.29 is 9.47 Å². The van der Waals surface area contributed by atoms with Gasteiger partial charge in [0.15, 0.2) is 0 Å². The van der Waals surface area contributed by atoms with Gasteiger partial charge in [-0.2, -0.15) is 0 Å². The van der Waals surface area contributed by atoms with E-state index in [1.807, 2.05) is 25.1 Å². The third-order valence-corrected chi connectivity index (χ3v) is 4.39. The molecule has 0 heterocycles. The van der Waals surface area contributed by atoms with E-state index in [0.29, 0.717) is 6.54 Å². The van der Waals surface area contributed by atoms with Crippen molar-refractivity contribution in [2.75, 3.05) is 19.5 Å². The Morgan fingerprint density at radius 1 is 1.05 bits per heavy atom. The van der Waals surface area contributed by atoms with Crippen molar-refractivity contribution in [1.29, 1.82) is 0 Å². The summed E-state index contributed by atoms with van der Waals surface area (Å²) >= 11 is 3.51. The molecule has 0 bridgehead atoms. The van der Waals surface area contributed by atoms with Gasteiger partial charge in [-0.25, -0.2) is 0 Å². The van der Waals surface area contributed by atoms with Crippen LogP contribution < -0.4 is 14.8 Å². The highest BCUT2D eigenvalue weighted by atomic mass is 79.9. The first-order valence-electron chi connectivity index (χ1n) is 6.77. The van der Waals surface area contributed by atoms with Gasteiger partial charge in [-0.15, -0.1) is 0 Å². The van der Waals surface area contributed by atoms with Crippen LogP contribution in [-0.4, -0.2) is 14.2 Å². The van der Waals surface area contributed by atoms with Crippen molar-refractivity contribution in [3.63, 3.8) is 0 Å². The van der Waals surface area contributed by atoms with Crippen LogP contribution in [0.25, 0.3) is 0 Å². The number of hydrogen-bond donors (Lipinski definition) is 1. The monoisotopic (exact) mass is 349 g/mol. The summed E-state index contributed by atoms with van der Waals surface area (Å²) in [6.07, 6.45) is 0. The van der Waals surface area contributed by atoms with E-state index >= 15 is 0 Å². The zero-order chi connectivity index (χ0) is 15.4. The number of nitrogens with one attached hydrogen (secondary N) is 1. The molecule has 0 aliphatic carbocycles. The van der Waals surface area contributed by atoms with Gasteiger partial charge in [0.05, 0.1) is 14.2 Å². The van der Waals surface area contributed by atoms with Crippen LogP contribution in [0.4, 0.5) is 5.69 Å². The molecular formula is C17H20BrNO2. The van der Waals surface area contributed by atoms with Gasteiger partial charge in [0.2, 0.25) is 0 Å². The van der Waals surface area contributed by atoms with Crippen LogP contribution in [0.1, 0.15) is 16.7 Å². The Kier molecular flexibility index (Phi) is 5.12. The molecule has 2 rings (SSSR count). The Bertz CT molecular complexity index is 641. The van der Waals surface area contributed by atoms with Crippen LogP contribution in [0.3, 0.4) is 0 Å². The fourth-order valence-corrected chi connectivity index (χ4v) is 2.57. The minimum atomic E-state index is 0.703. The second kappa shape index (κ2) is 6.85. The molecule has 0 amide bonds. The largest absolute Gasteiger partial charge is 0.496 e. The summed E-state index contributed by atoms with van der Waals surface area (Å²) in [4.78, 5) is 0. The number of ether oxygens (including phenoxy) is 2. The fourth-order valence-electron chi connectivity index (χ4n) is 2.33. The van der Waals surface area contributed by atoms with Gasteiger partial charge in [-0.1, -0.05) is 15.9 Å². The van der Waals surface area contributed by atoms with E-state index in [1.54, 1.807) is 14.2 Å². The first-order valence-corrected chi connectivity index (χ1v) is 7.56. The second-order valence-electron chi connectivity index (χ2n) is 4.90. The molecule has 0 spiro atoms. The first kappa shape index (κ1) is 15.7. The zero-order valence-electron chi connectivity index (χ0n) is 12.8. The van der Waals surface area contributed by atoms with Crippen LogP contribution in [0.2, 0.25) is 0 Å². The van der Waals surface area contributed by atoms with Crippen molar-refractivity contribution >= 4 is 21.6 Å². The SMILES string of the molecule is COc1ccc(CNc2ccc(Br)c(C)c2)c(OC)c1C. The molecule has 0 saturated carbocycles. The second-order valence-corrected chi connectivity index (χ2v) is 5.76. The summed E-state index contributed by atoms with van der Waals surface area (Å²) in [5.41, 5.74) is 4.42. The van der Waals surface area contributed by atoms with E-state index in [2.05, 4.69) is 40.3 Å². The third kappa shape index (κ3) is 3.50. The maximum Gasteiger partial charge on any atom is 0.130 e. The minimum Gasteiger partial charge on any atom is -0.496 e. The third-order valence-electron chi connectivity index (χ3n) is 3.50. The van der Waals surface area contributed by atoms with E-state index in [0.717, 1.165) is 32.8 Å². The van der Waals surface area contributed by atoms with Crippen LogP contribution in [0, 0.1) is 13.8 Å². The molecule has 0 saturated heterocycles. The zero-order valence-corrected chi connectivity index (χ0v) is 14.4. The maximum absolute atomic E-state index is 5.52. The summed E-state index contributed by atoms with van der Waals surface area (Å²) in [6, 6.07) is 10.2. The van der Waals surface area contributed by atoms with Gasteiger partial charge in [0.1, 0.15) is 11.5 Å². The number of hydrogen-bond acceptors (Lipinski definition) is 3. The summed E-state index contributed by atoms with van der Waals surface area (Å²) in [7, 11) is 3.36. The molecule has 21 heavy (non-hydrogen) atoms. The lowest BCUT2D eigenvalue weighted by Crippen LogP contribution is -2.04. The van der Waals surface area contributed by atoms with Gasteiger partial charge in [0, 0.05) is 27.8 Å². The predicted octanol–water partition coefficient (Wildman–Crippen LogP) is 4.70. The molecule has 2 aromatic carbocycles. The Morgan fingerprint density at radius 2 is 1.81 bits per heavy atom. The Hall–Kier alpha value is -1.68. The summed E-state index contributed by atoms with van der Waals surface area (Å²) in [5.74, 6) is 1.71. The lowest BCUT2D eigenvalue weighted by atomic mass is 10.1. The van der Waals surface area contributed by atoms with Gasteiger partial charge in [0.25, 0.3) is 0 Å². The standard InChI is InChI=1S/C17H20BrNO2/c1-11-9-14(6-7-15(11)18)19-10-13-5-8-16(20-3)12(2)17(13)21-4/h5-9,19H,10H2,1-4H3. The molecule has 0 unspecified atom stereocenters. The first-order chi connectivity index (χ1) is 10.1. The molecule has 0 aliphatic heterocycles. The number of rotatable bonds is 5. The molecule has 3 nitrogen and oxygen atoms in total. The summed E-state index contributed by atoms with van der Waals surface area (Å²) < 4.78 is 12.0. The van der Waals surface area contributed by atoms with Crippen LogP contribution in [-0.2, 0) is 6.54 Å². The van der Waals surface area contributed by atoms with E-state index < -0.39 is 0 Å². The topological polar surface area (TPSA) is 30.5 Å². The van der Waals surface area contributed by atoms with E-state index in [1.165, 1.54) is 5.56 Å². The van der Waals surface area contributed by atoms with E-state index in [4.69, 9.17) is 9.47 Å². The van der Waals surface area contributed by atoms with Crippen molar-refractivity contribution in [3.05, 3.63) is 51.5 Å². The molecule has 1 N–H and O–H groups in total. The molecule has 0 radical (unpaired) electrons. The van der Waals surface area contributed by atoms with Crippen LogP contribution >= 0.6 is 15.9 Å². The highest BCUT2D eigenvalue weighted by Crippen LogP contribution is 2.31. The van der Waals surface area contributed by atoms with Gasteiger partial charge in [-0.05, 0) is 49.7 Å². The van der Waals surface area contributed by atoms with Crippen molar-refractivity contribution in [2.45, 2.75) is 20.4 Å². The quantitative estimate of drug-likeness (QED) is 0.848. The Labute approximate surface area is 134 Å². The lowest BCUT2D eigenvalue weighted by molar-refractivity contribution is 0.386. The smallest absolute Gasteiger partial charge is 0.130 e. The number of methoxy groups -OCH3 is 2. The van der Waals surface area contributed by atoms with Crippen LogP contribution in [0.15, 0.2) is 34.8 Å². The molecule has 112 valence electrons. The van der Waals surface area contributed by atoms with Crippen molar-refractivity contribution in [2.24, 2.45) is 0 Å². The Balaban J connectivity index is 2.19. The summed E-state index contributed by atoms with van der Waals surface area (Å²) in [5, 5.41) is 3.43. The van der Waals surface area contributed by atoms with Gasteiger partial charge >= 0.3 is 0 Å². The number of aryl methyl sites for hydroxylation is 1. The van der Waals surface area contributed by atoms with Crippen molar-refractivity contribution in [3.8, 4) is 11.5 Å². The predicted molar refractivity (Wildman–Crippen MR) is 90.5 cm³/mol. The summed E-state index contributed by atoms with van der Waals surface area (Å²) in [6.45, 7) is 4.79.